The van der Waals surface area contributed by atoms with Gasteiger partial charge in [-0.25, -0.2) is 8.42 Å². The minimum Gasteiger partial charge on any atom is -0.352 e. The number of hydrogen-bond donors (Lipinski definition) is 1. The molecule has 1 aromatic carbocycles. The van der Waals surface area contributed by atoms with E-state index in [1.54, 1.807) is 47.9 Å². The molecule has 1 aromatic heterocycles. The second-order valence-corrected chi connectivity index (χ2v) is 9.35. The molecule has 29 heavy (non-hydrogen) atoms. The van der Waals surface area contributed by atoms with Crippen LogP contribution in [0.25, 0.3) is 0 Å². The first-order chi connectivity index (χ1) is 13.8. The van der Waals surface area contributed by atoms with Crippen LogP contribution in [0.15, 0.2) is 52.3 Å². The number of hydrogen-bond acceptors (Lipinski definition) is 4. The van der Waals surface area contributed by atoms with E-state index in [9.17, 15) is 18.0 Å². The van der Waals surface area contributed by atoms with Gasteiger partial charge < -0.3 is 9.88 Å². The Kier molecular flexibility index (Phi) is 6.54. The first kappa shape index (κ1) is 21.3. The Labute approximate surface area is 171 Å². The van der Waals surface area contributed by atoms with E-state index in [0.29, 0.717) is 24.4 Å². The van der Waals surface area contributed by atoms with Crippen molar-refractivity contribution in [1.29, 1.82) is 0 Å². The molecule has 1 atom stereocenters. The third kappa shape index (κ3) is 4.76. The van der Waals surface area contributed by atoms with Crippen LogP contribution < -0.4 is 10.9 Å². The molecule has 1 amide bonds. The van der Waals surface area contributed by atoms with Gasteiger partial charge in [0, 0.05) is 32.4 Å². The van der Waals surface area contributed by atoms with Gasteiger partial charge in [-0.15, -0.1) is 0 Å². The molecule has 2 aromatic rings. The van der Waals surface area contributed by atoms with Gasteiger partial charge in [0.2, 0.25) is 10.0 Å². The lowest BCUT2D eigenvalue weighted by atomic mass is 10.0. The Hall–Kier alpha value is -2.45. The third-order valence-electron chi connectivity index (χ3n) is 5.33. The van der Waals surface area contributed by atoms with Gasteiger partial charge in [0.05, 0.1) is 4.90 Å². The molecular weight excluding hydrogens is 390 g/mol. The molecule has 1 N–H and O–H groups in total. The van der Waals surface area contributed by atoms with Crippen LogP contribution in [0.1, 0.15) is 41.6 Å². The summed E-state index contributed by atoms with van der Waals surface area (Å²) in [6, 6.07) is 9.85. The Bertz CT molecular complexity index is 1030. The van der Waals surface area contributed by atoms with Crippen LogP contribution in [0.2, 0.25) is 0 Å². The van der Waals surface area contributed by atoms with Gasteiger partial charge in [0.25, 0.3) is 11.5 Å². The highest BCUT2D eigenvalue weighted by Crippen LogP contribution is 2.27. The normalized spacial score (nSPS) is 17.8. The number of carbonyl (C=O) groups is 1. The molecule has 0 aliphatic carbocycles. The van der Waals surface area contributed by atoms with Crippen LogP contribution in [0.4, 0.5) is 0 Å². The molecule has 0 radical (unpaired) electrons. The Balaban J connectivity index is 1.67. The molecule has 1 aliphatic heterocycles. The molecule has 1 saturated heterocycles. The van der Waals surface area contributed by atoms with Gasteiger partial charge in [-0.3, -0.25) is 9.59 Å². The Morgan fingerprint density at radius 2 is 1.90 bits per heavy atom. The predicted octanol–water partition coefficient (Wildman–Crippen LogP) is 2.06. The van der Waals surface area contributed by atoms with E-state index < -0.39 is 15.9 Å². The van der Waals surface area contributed by atoms with Crippen molar-refractivity contribution < 1.29 is 13.2 Å². The number of aromatic nitrogens is 1. The number of benzene rings is 1. The summed E-state index contributed by atoms with van der Waals surface area (Å²) >= 11 is 0. The van der Waals surface area contributed by atoms with Gasteiger partial charge in [-0.1, -0.05) is 24.1 Å². The molecule has 8 heteroatoms. The van der Waals surface area contributed by atoms with Crippen molar-refractivity contribution in [2.75, 3.05) is 13.1 Å². The topological polar surface area (TPSA) is 88.5 Å². The quantitative estimate of drug-likeness (QED) is 0.779. The number of amides is 1. The predicted molar refractivity (Wildman–Crippen MR) is 111 cm³/mol. The van der Waals surface area contributed by atoms with Crippen molar-refractivity contribution in [1.82, 2.24) is 14.2 Å². The number of sulfonamides is 1. The lowest BCUT2D eigenvalue weighted by Gasteiger charge is -2.34. The van der Waals surface area contributed by atoms with Crippen molar-refractivity contribution in [2.45, 2.75) is 43.5 Å². The maximum atomic E-state index is 13.1. The van der Waals surface area contributed by atoms with E-state index in [2.05, 4.69) is 5.32 Å². The van der Waals surface area contributed by atoms with Gasteiger partial charge in [0.15, 0.2) is 0 Å². The van der Waals surface area contributed by atoms with E-state index in [4.69, 9.17) is 0 Å². The van der Waals surface area contributed by atoms with E-state index in [-0.39, 0.29) is 17.2 Å². The number of rotatable bonds is 6. The third-order valence-corrected chi connectivity index (χ3v) is 7.30. The molecule has 0 bridgehead atoms. The highest BCUT2D eigenvalue weighted by molar-refractivity contribution is 7.89. The summed E-state index contributed by atoms with van der Waals surface area (Å²) in [5.74, 6) is -0.435. The van der Waals surface area contributed by atoms with Crippen LogP contribution >= 0.6 is 0 Å². The largest absolute Gasteiger partial charge is 0.352 e. The van der Waals surface area contributed by atoms with E-state index in [0.717, 1.165) is 24.8 Å². The summed E-state index contributed by atoms with van der Waals surface area (Å²) in [4.78, 5) is 24.7. The number of nitrogens with one attached hydrogen (secondary N) is 1. The molecule has 1 aliphatic rings. The van der Waals surface area contributed by atoms with Crippen LogP contribution in [-0.2, 0) is 17.1 Å². The van der Waals surface area contributed by atoms with Gasteiger partial charge >= 0.3 is 0 Å². The number of piperidine rings is 1. The lowest BCUT2D eigenvalue weighted by Crippen LogP contribution is -2.45. The monoisotopic (exact) mass is 417 g/mol. The van der Waals surface area contributed by atoms with E-state index in [1.165, 1.54) is 10.6 Å². The zero-order chi connectivity index (χ0) is 21.0. The molecule has 0 unspecified atom stereocenters. The minimum absolute atomic E-state index is 0.0859. The molecule has 3 rings (SSSR count). The molecule has 156 valence electrons. The second kappa shape index (κ2) is 8.92. The lowest BCUT2D eigenvalue weighted by molar-refractivity contribution is 0.0947. The van der Waals surface area contributed by atoms with Crippen LogP contribution in [0, 0.1) is 6.92 Å². The highest BCUT2D eigenvalue weighted by atomic mass is 32.2. The molecule has 0 saturated carbocycles. The summed E-state index contributed by atoms with van der Waals surface area (Å²) in [6.45, 7) is 2.71. The van der Waals surface area contributed by atoms with Crippen LogP contribution in [0.3, 0.4) is 0 Å². The number of aryl methyl sites for hydroxylation is 2. The second-order valence-electron chi connectivity index (χ2n) is 7.46. The van der Waals surface area contributed by atoms with Gasteiger partial charge in [-0.2, -0.15) is 4.31 Å². The van der Waals surface area contributed by atoms with Crippen LogP contribution in [0.5, 0.6) is 0 Å². The van der Waals surface area contributed by atoms with Gasteiger partial charge in [0.1, 0.15) is 5.56 Å². The minimum atomic E-state index is -3.58. The Morgan fingerprint density at radius 3 is 2.62 bits per heavy atom. The van der Waals surface area contributed by atoms with Crippen molar-refractivity contribution in [2.24, 2.45) is 7.05 Å². The summed E-state index contributed by atoms with van der Waals surface area (Å²) in [7, 11) is -1.98. The maximum Gasteiger partial charge on any atom is 0.263 e. The number of nitrogens with zero attached hydrogens (tertiary/aromatic N) is 2. The molecule has 0 spiro atoms. The van der Waals surface area contributed by atoms with Crippen molar-refractivity contribution >= 4 is 15.9 Å². The molecule has 7 nitrogen and oxygen atoms in total. The molecule has 2 heterocycles. The number of carbonyl (C=O) groups excluding carboxylic acids is 1. The summed E-state index contributed by atoms with van der Waals surface area (Å²) < 4.78 is 29.1. The average Bonchev–Trinajstić information content (AvgIpc) is 2.70. The first-order valence-corrected chi connectivity index (χ1v) is 11.3. The summed E-state index contributed by atoms with van der Waals surface area (Å²) in [6.07, 6.45) is 4.64. The van der Waals surface area contributed by atoms with E-state index >= 15 is 0 Å². The summed E-state index contributed by atoms with van der Waals surface area (Å²) in [5, 5.41) is 2.76. The van der Waals surface area contributed by atoms with Gasteiger partial charge in [-0.05, 0) is 50.5 Å². The van der Waals surface area contributed by atoms with Crippen molar-refractivity contribution in [3.8, 4) is 0 Å². The van der Waals surface area contributed by atoms with Crippen LogP contribution in [-0.4, -0.2) is 42.3 Å². The fourth-order valence-corrected chi connectivity index (χ4v) is 5.37. The van der Waals surface area contributed by atoms with Crippen molar-refractivity contribution in [3.05, 3.63) is 64.1 Å². The Morgan fingerprint density at radius 1 is 1.17 bits per heavy atom. The average molecular weight is 418 g/mol. The standard InChI is InChI=1S/C21H27N3O4S/c1-16-8-10-18(11-9-16)29(27,28)24-15-4-3-6-17(24)12-13-22-20(25)19-7-5-14-23(2)21(19)26/h5,7-11,14,17H,3-4,6,12-13,15H2,1-2H3,(H,22,25)/t17-/m0/s1. The smallest absolute Gasteiger partial charge is 0.263 e. The SMILES string of the molecule is Cc1ccc(S(=O)(=O)N2CCCC[C@H]2CCNC(=O)c2cccn(C)c2=O)cc1. The first-order valence-electron chi connectivity index (χ1n) is 9.83. The maximum absolute atomic E-state index is 13.1. The summed E-state index contributed by atoms with van der Waals surface area (Å²) in [5.41, 5.74) is 0.739. The number of pyridine rings is 1. The highest BCUT2D eigenvalue weighted by Gasteiger charge is 2.33. The molecular formula is C21H27N3O4S. The molecule has 1 fully saturated rings. The van der Waals surface area contributed by atoms with Crippen molar-refractivity contribution in [3.63, 3.8) is 0 Å². The fourth-order valence-electron chi connectivity index (χ4n) is 3.64. The fraction of sp³-hybridized carbons (Fsp3) is 0.429. The van der Waals surface area contributed by atoms with E-state index in [1.807, 2.05) is 6.92 Å². The zero-order valence-corrected chi connectivity index (χ0v) is 17.6. The zero-order valence-electron chi connectivity index (χ0n) is 16.8.